The van der Waals surface area contributed by atoms with Crippen LogP contribution in [0, 0.1) is 16.2 Å². The number of aromatic nitrogens is 3. The number of rotatable bonds is 23. The Labute approximate surface area is 351 Å². The van der Waals surface area contributed by atoms with Gasteiger partial charge >= 0.3 is 5.97 Å². The van der Waals surface area contributed by atoms with Crippen molar-refractivity contribution in [2.75, 3.05) is 33.0 Å². The van der Waals surface area contributed by atoms with Gasteiger partial charge in [-0.15, -0.1) is 0 Å². The molecule has 11 heteroatoms. The number of hydrogen-bond donors (Lipinski definition) is 2. The van der Waals surface area contributed by atoms with Gasteiger partial charge in [-0.2, -0.15) is 0 Å². The summed E-state index contributed by atoms with van der Waals surface area (Å²) < 4.78 is 30.0. The quantitative estimate of drug-likeness (QED) is 0.0546. The van der Waals surface area contributed by atoms with Gasteiger partial charge in [0.05, 0.1) is 41.9 Å². The van der Waals surface area contributed by atoms with Crippen LogP contribution in [0.1, 0.15) is 121 Å². The van der Waals surface area contributed by atoms with Gasteiger partial charge in [-0.1, -0.05) is 88.0 Å². The van der Waals surface area contributed by atoms with E-state index in [0.717, 1.165) is 44.9 Å². The summed E-state index contributed by atoms with van der Waals surface area (Å²) in [4.78, 5) is 28.0. The Kier molecular flexibility index (Phi) is 16.8. The Hall–Kier alpha value is -5.06. The molecule has 0 fully saturated rings. The molecule has 0 spiro atoms. The molecule has 0 saturated heterocycles. The van der Waals surface area contributed by atoms with E-state index in [1.54, 1.807) is 48.5 Å². The van der Waals surface area contributed by atoms with Gasteiger partial charge in [-0.25, -0.2) is 15.0 Å². The van der Waals surface area contributed by atoms with E-state index in [2.05, 4.69) is 62.3 Å². The van der Waals surface area contributed by atoms with Crippen LogP contribution in [0.3, 0.4) is 0 Å². The van der Waals surface area contributed by atoms with E-state index in [1.165, 1.54) is 0 Å². The minimum absolute atomic E-state index is 0.0186. The summed E-state index contributed by atoms with van der Waals surface area (Å²) in [7, 11) is 0. The van der Waals surface area contributed by atoms with Crippen molar-refractivity contribution in [3.63, 3.8) is 0 Å². The van der Waals surface area contributed by atoms with Gasteiger partial charge in [0.25, 0.3) is 0 Å². The summed E-state index contributed by atoms with van der Waals surface area (Å²) in [5.74, 6) is 2.35. The van der Waals surface area contributed by atoms with E-state index in [0.29, 0.717) is 65.9 Å². The van der Waals surface area contributed by atoms with E-state index >= 15 is 0 Å². The van der Waals surface area contributed by atoms with Crippen LogP contribution in [0.2, 0.25) is 0 Å². The summed E-state index contributed by atoms with van der Waals surface area (Å²) in [6.07, 6.45) is 7.16. The molecule has 322 valence electrons. The number of esters is 1. The standard InChI is InChI=1S/C48H67N3O8/c1-11-15-24-55-33-18-21-36(39(52)29-33)42-49-43(37-22-19-34(30-40(37)53)56-25-16-12-2)51-44(50-42)38-23-20-35(31-41(38)58-26-17-13-3)57-27-28-59-45(54)48(10,46(5,6)7)32-47(8,9)14-4/h18-23,29-31,52-53H,11-17,24-28,32H2,1-10H3. The van der Waals surface area contributed by atoms with Crippen molar-refractivity contribution >= 4 is 5.97 Å². The molecular formula is C48H67N3O8. The largest absolute Gasteiger partial charge is 0.507 e. The predicted octanol–water partition coefficient (Wildman–Crippen LogP) is 11.6. The number of carbonyl (C=O) groups is 1. The van der Waals surface area contributed by atoms with Gasteiger partial charge in [0.15, 0.2) is 17.5 Å². The van der Waals surface area contributed by atoms with Crippen LogP contribution in [0.4, 0.5) is 0 Å². The minimum atomic E-state index is -0.681. The molecule has 4 aromatic rings. The zero-order valence-corrected chi connectivity index (χ0v) is 37.1. The first-order valence-electron chi connectivity index (χ1n) is 21.3. The Morgan fingerprint density at radius 1 is 0.559 bits per heavy atom. The lowest BCUT2D eigenvalue weighted by molar-refractivity contribution is -0.165. The van der Waals surface area contributed by atoms with Crippen LogP contribution in [-0.2, 0) is 9.53 Å². The van der Waals surface area contributed by atoms with Crippen molar-refractivity contribution in [3.05, 3.63) is 54.6 Å². The fourth-order valence-corrected chi connectivity index (χ4v) is 6.39. The highest BCUT2D eigenvalue weighted by molar-refractivity contribution is 5.77. The number of ether oxygens (including phenoxy) is 5. The number of nitrogens with zero attached hydrogens (tertiary/aromatic N) is 3. The third-order valence-corrected chi connectivity index (χ3v) is 11.0. The molecule has 0 aliphatic rings. The Balaban J connectivity index is 1.69. The van der Waals surface area contributed by atoms with Gasteiger partial charge in [0, 0.05) is 18.2 Å². The molecule has 1 heterocycles. The topological polar surface area (TPSA) is 142 Å². The van der Waals surface area contributed by atoms with Gasteiger partial charge in [0.2, 0.25) is 0 Å². The molecule has 0 radical (unpaired) electrons. The number of phenolic OH excluding ortho intramolecular Hbond substituents is 2. The lowest BCUT2D eigenvalue weighted by Gasteiger charge is -2.44. The van der Waals surface area contributed by atoms with Crippen LogP contribution in [-0.4, -0.2) is 64.2 Å². The fraction of sp³-hybridized carbons (Fsp3) is 0.542. The molecule has 0 aliphatic heterocycles. The van der Waals surface area contributed by atoms with Gasteiger partial charge in [0.1, 0.15) is 47.7 Å². The third-order valence-electron chi connectivity index (χ3n) is 11.0. The van der Waals surface area contributed by atoms with E-state index in [-0.39, 0.29) is 59.0 Å². The normalized spacial score (nSPS) is 12.8. The Morgan fingerprint density at radius 2 is 0.983 bits per heavy atom. The molecule has 59 heavy (non-hydrogen) atoms. The van der Waals surface area contributed by atoms with Crippen LogP contribution in [0.15, 0.2) is 54.6 Å². The predicted molar refractivity (Wildman–Crippen MR) is 233 cm³/mol. The number of carbonyl (C=O) groups excluding carboxylic acids is 1. The average Bonchev–Trinajstić information content (AvgIpc) is 3.19. The third kappa shape index (κ3) is 12.7. The zero-order valence-electron chi connectivity index (χ0n) is 37.1. The van der Waals surface area contributed by atoms with E-state index < -0.39 is 5.41 Å². The molecule has 1 aromatic heterocycles. The summed E-state index contributed by atoms with van der Waals surface area (Å²) >= 11 is 0. The van der Waals surface area contributed by atoms with Gasteiger partial charge < -0.3 is 33.9 Å². The molecule has 0 aliphatic carbocycles. The molecular weight excluding hydrogens is 747 g/mol. The van der Waals surface area contributed by atoms with Gasteiger partial charge in [-0.3, -0.25) is 4.79 Å². The molecule has 1 unspecified atom stereocenters. The monoisotopic (exact) mass is 813 g/mol. The first-order valence-corrected chi connectivity index (χ1v) is 21.3. The van der Waals surface area contributed by atoms with Crippen molar-refractivity contribution < 1.29 is 38.7 Å². The van der Waals surface area contributed by atoms with Crippen LogP contribution >= 0.6 is 0 Å². The van der Waals surface area contributed by atoms with Gasteiger partial charge in [-0.05, 0) is 79.8 Å². The van der Waals surface area contributed by atoms with E-state index in [1.807, 2.05) is 13.0 Å². The summed E-state index contributed by atoms with van der Waals surface area (Å²) in [5.41, 5.74) is 0.278. The molecule has 4 rings (SSSR count). The molecule has 3 aromatic carbocycles. The maximum absolute atomic E-state index is 13.6. The summed E-state index contributed by atoms with van der Waals surface area (Å²) in [6.45, 7) is 22.8. The van der Waals surface area contributed by atoms with Crippen molar-refractivity contribution in [1.82, 2.24) is 15.0 Å². The lowest BCUT2D eigenvalue weighted by Crippen LogP contribution is -2.45. The van der Waals surface area contributed by atoms with Crippen molar-refractivity contribution in [2.24, 2.45) is 16.2 Å². The van der Waals surface area contributed by atoms with Crippen molar-refractivity contribution in [3.8, 4) is 68.7 Å². The minimum Gasteiger partial charge on any atom is -0.507 e. The number of benzene rings is 3. The maximum atomic E-state index is 13.6. The number of phenols is 2. The molecule has 0 saturated carbocycles. The highest BCUT2D eigenvalue weighted by Crippen LogP contribution is 2.48. The van der Waals surface area contributed by atoms with E-state index in [9.17, 15) is 15.0 Å². The zero-order chi connectivity index (χ0) is 43.2. The second-order valence-corrected chi connectivity index (χ2v) is 17.2. The SMILES string of the molecule is CCCCOc1ccc(-c2nc(-c3ccc(OCCCC)cc3O)nc(-c3ccc(OCCOC(=O)C(C)(CC(C)(C)CC)C(C)(C)C)cc3OCCCC)n2)c(O)c1. The van der Waals surface area contributed by atoms with Crippen molar-refractivity contribution in [1.29, 1.82) is 0 Å². The second kappa shape index (κ2) is 21.3. The van der Waals surface area contributed by atoms with Crippen LogP contribution in [0.25, 0.3) is 34.2 Å². The van der Waals surface area contributed by atoms with Crippen LogP contribution < -0.4 is 18.9 Å². The molecule has 1 atom stereocenters. The molecule has 2 N–H and O–H groups in total. The smallest absolute Gasteiger partial charge is 0.312 e. The van der Waals surface area contributed by atoms with Crippen LogP contribution in [0.5, 0.6) is 34.5 Å². The number of unbranched alkanes of at least 4 members (excludes halogenated alkanes) is 3. The Morgan fingerprint density at radius 3 is 1.42 bits per heavy atom. The average molecular weight is 814 g/mol. The van der Waals surface area contributed by atoms with E-state index in [4.69, 9.17) is 38.6 Å². The summed E-state index contributed by atoms with van der Waals surface area (Å²) in [5, 5.41) is 22.4. The lowest BCUT2D eigenvalue weighted by atomic mass is 9.60. The number of aromatic hydroxyl groups is 2. The molecule has 0 amide bonds. The molecule has 11 nitrogen and oxygen atoms in total. The second-order valence-electron chi connectivity index (χ2n) is 17.2. The molecule has 0 bridgehead atoms. The highest BCUT2D eigenvalue weighted by atomic mass is 16.6. The van der Waals surface area contributed by atoms with Crippen molar-refractivity contribution in [2.45, 2.75) is 121 Å². The highest BCUT2D eigenvalue weighted by Gasteiger charge is 2.48. The Bertz CT molecular complexity index is 1900. The summed E-state index contributed by atoms with van der Waals surface area (Å²) in [6, 6.07) is 15.4. The first kappa shape index (κ1) is 46.6. The fourth-order valence-electron chi connectivity index (χ4n) is 6.39. The number of hydrogen-bond acceptors (Lipinski definition) is 11. The maximum Gasteiger partial charge on any atom is 0.312 e. The first-order chi connectivity index (χ1) is 28.0.